The number of hydrogen-bond acceptors (Lipinski definition) is 1. The molecule has 0 radical (unpaired) electrons. The first-order chi connectivity index (χ1) is 16.7. The van der Waals surface area contributed by atoms with Gasteiger partial charge in [0.2, 0.25) is 0 Å². The molecule has 0 aliphatic heterocycles. The Bertz CT molecular complexity index is 1450. The molecule has 6 rings (SSSR count). The average molecular weight is 456 g/mol. The Balaban J connectivity index is 1.69. The van der Waals surface area contributed by atoms with Gasteiger partial charge in [-0.05, 0) is 69.1 Å². The summed E-state index contributed by atoms with van der Waals surface area (Å²) in [6, 6.07) is 38.4. The molecule has 0 N–H and O–H groups in total. The molecule has 1 atom stereocenters. The summed E-state index contributed by atoms with van der Waals surface area (Å²) in [5.41, 5.74) is 10.0. The quantitative estimate of drug-likeness (QED) is 0.288. The van der Waals surface area contributed by atoms with Gasteiger partial charge in [-0.1, -0.05) is 97.1 Å². The maximum absolute atomic E-state index is 9.43. The number of benzene rings is 4. The van der Waals surface area contributed by atoms with Gasteiger partial charge in [-0.2, -0.15) is 5.26 Å². The number of alkyl halides is 1. The van der Waals surface area contributed by atoms with Gasteiger partial charge in [-0.25, -0.2) is 0 Å². The van der Waals surface area contributed by atoms with Crippen LogP contribution < -0.4 is 0 Å². The van der Waals surface area contributed by atoms with Crippen LogP contribution in [0, 0.1) is 11.3 Å². The van der Waals surface area contributed by atoms with Crippen molar-refractivity contribution in [1.82, 2.24) is 0 Å². The average Bonchev–Trinajstić information content (AvgIpc) is 3.19. The zero-order valence-electron chi connectivity index (χ0n) is 18.6. The lowest BCUT2D eigenvalue weighted by Gasteiger charge is -2.37. The van der Waals surface area contributed by atoms with Crippen LogP contribution in [0.1, 0.15) is 34.2 Å². The van der Waals surface area contributed by atoms with E-state index in [1.165, 1.54) is 33.4 Å². The third-order valence-electron chi connectivity index (χ3n) is 7.10. The van der Waals surface area contributed by atoms with Crippen molar-refractivity contribution in [1.29, 1.82) is 5.26 Å². The Kier molecular flexibility index (Phi) is 4.98. The summed E-state index contributed by atoms with van der Waals surface area (Å²) in [4.78, 5) is 0. The minimum absolute atomic E-state index is 0.0355. The maximum Gasteiger partial charge on any atom is 0.0991 e. The monoisotopic (exact) mass is 455 g/mol. The molecular formula is C32H22ClN. The van der Waals surface area contributed by atoms with Crippen LogP contribution in [0.4, 0.5) is 0 Å². The third kappa shape index (κ3) is 3.07. The fourth-order valence-corrected chi connectivity index (χ4v) is 5.91. The zero-order valence-corrected chi connectivity index (χ0v) is 19.3. The SMILES string of the molecule is N#Cc1cccc(-c2ccc3c(c2)C(c2ccccc2)(c2ccccc2)C2=C3C=CC(Cl)C2)c1. The Morgan fingerprint density at radius 3 is 2.12 bits per heavy atom. The molecule has 0 aromatic heterocycles. The molecule has 4 aromatic rings. The van der Waals surface area contributed by atoms with E-state index in [1.54, 1.807) is 0 Å². The highest BCUT2D eigenvalue weighted by atomic mass is 35.5. The molecule has 0 spiro atoms. The van der Waals surface area contributed by atoms with E-state index in [9.17, 15) is 5.26 Å². The molecule has 0 heterocycles. The molecule has 0 fully saturated rings. The van der Waals surface area contributed by atoms with E-state index in [4.69, 9.17) is 11.6 Å². The van der Waals surface area contributed by atoms with Crippen LogP contribution in [0.15, 0.2) is 121 Å². The van der Waals surface area contributed by atoms with Gasteiger partial charge in [-0.3, -0.25) is 0 Å². The maximum atomic E-state index is 9.43. The third-order valence-corrected chi connectivity index (χ3v) is 7.40. The van der Waals surface area contributed by atoms with E-state index >= 15 is 0 Å². The molecule has 162 valence electrons. The van der Waals surface area contributed by atoms with E-state index < -0.39 is 5.41 Å². The van der Waals surface area contributed by atoms with Crippen LogP contribution in [-0.4, -0.2) is 5.38 Å². The first-order valence-corrected chi connectivity index (χ1v) is 12.0. The molecule has 2 aliphatic carbocycles. The van der Waals surface area contributed by atoms with Crippen molar-refractivity contribution >= 4 is 17.2 Å². The van der Waals surface area contributed by atoms with Crippen LogP contribution in [-0.2, 0) is 5.41 Å². The fraction of sp³-hybridized carbons (Fsp3) is 0.0938. The lowest BCUT2D eigenvalue weighted by atomic mass is 9.65. The van der Waals surface area contributed by atoms with E-state index in [0.29, 0.717) is 5.56 Å². The number of hydrogen-bond donors (Lipinski definition) is 0. The minimum Gasteiger partial charge on any atom is -0.192 e. The van der Waals surface area contributed by atoms with Crippen LogP contribution >= 0.6 is 11.6 Å². The van der Waals surface area contributed by atoms with Crippen molar-refractivity contribution in [2.45, 2.75) is 17.2 Å². The highest BCUT2D eigenvalue weighted by Gasteiger charge is 2.48. The Morgan fingerprint density at radius 1 is 0.765 bits per heavy atom. The van der Waals surface area contributed by atoms with Crippen LogP contribution in [0.25, 0.3) is 16.7 Å². The van der Waals surface area contributed by atoms with Crippen LogP contribution in [0.3, 0.4) is 0 Å². The molecule has 0 saturated carbocycles. The topological polar surface area (TPSA) is 23.8 Å². The molecule has 34 heavy (non-hydrogen) atoms. The molecule has 0 saturated heterocycles. The van der Waals surface area contributed by atoms with Gasteiger partial charge in [0.15, 0.2) is 0 Å². The Hall–Kier alpha value is -3.86. The largest absolute Gasteiger partial charge is 0.192 e. The van der Waals surface area contributed by atoms with Gasteiger partial charge in [0, 0.05) is 0 Å². The second-order valence-electron chi connectivity index (χ2n) is 8.91. The summed E-state index contributed by atoms with van der Waals surface area (Å²) >= 11 is 6.74. The molecule has 0 bridgehead atoms. The molecule has 1 nitrogen and oxygen atoms in total. The summed E-state index contributed by atoms with van der Waals surface area (Å²) < 4.78 is 0. The van der Waals surface area contributed by atoms with Gasteiger partial charge >= 0.3 is 0 Å². The van der Waals surface area contributed by atoms with Crippen molar-refractivity contribution in [3.05, 3.63) is 149 Å². The molecule has 2 heteroatoms. The summed E-state index contributed by atoms with van der Waals surface area (Å²) in [5, 5.41) is 9.40. The number of allylic oxidation sites excluding steroid dienone is 4. The molecule has 1 unspecified atom stereocenters. The lowest BCUT2D eigenvalue weighted by Crippen LogP contribution is -2.31. The van der Waals surface area contributed by atoms with Crippen LogP contribution in [0.5, 0.6) is 0 Å². The molecule has 4 aromatic carbocycles. The minimum atomic E-state index is -0.423. The highest BCUT2D eigenvalue weighted by molar-refractivity contribution is 6.22. The predicted molar refractivity (Wildman–Crippen MR) is 140 cm³/mol. The van der Waals surface area contributed by atoms with E-state index in [1.807, 2.05) is 18.2 Å². The van der Waals surface area contributed by atoms with Crippen molar-refractivity contribution in [3.8, 4) is 17.2 Å². The van der Waals surface area contributed by atoms with Gasteiger partial charge in [-0.15, -0.1) is 11.6 Å². The summed E-state index contributed by atoms with van der Waals surface area (Å²) in [7, 11) is 0. The molecule has 0 amide bonds. The number of fused-ring (bicyclic) bond motifs is 2. The van der Waals surface area contributed by atoms with E-state index in [-0.39, 0.29) is 5.38 Å². The summed E-state index contributed by atoms with van der Waals surface area (Å²) in [6.07, 6.45) is 5.12. The van der Waals surface area contributed by atoms with Gasteiger partial charge < -0.3 is 0 Å². The van der Waals surface area contributed by atoms with Crippen molar-refractivity contribution in [2.75, 3.05) is 0 Å². The zero-order chi connectivity index (χ0) is 23.1. The standard InChI is InChI=1S/C32H22ClN/c33-27-15-17-29-28-16-14-24(23-9-7-8-22(18-23)21-34)19-30(28)32(31(29)20-27,25-10-3-1-4-11-25)26-12-5-2-6-13-26/h1-19,27H,20H2. The smallest absolute Gasteiger partial charge is 0.0991 e. The first-order valence-electron chi connectivity index (χ1n) is 11.5. The predicted octanol–water partition coefficient (Wildman–Crippen LogP) is 7.89. The number of rotatable bonds is 3. The Labute approximate surface area is 205 Å². The van der Waals surface area contributed by atoms with Gasteiger partial charge in [0.1, 0.15) is 0 Å². The van der Waals surface area contributed by atoms with E-state index in [2.05, 4.69) is 103 Å². The van der Waals surface area contributed by atoms with Crippen LogP contribution in [0.2, 0.25) is 0 Å². The lowest BCUT2D eigenvalue weighted by molar-refractivity contribution is 0.698. The van der Waals surface area contributed by atoms with Gasteiger partial charge in [0.25, 0.3) is 0 Å². The highest BCUT2D eigenvalue weighted by Crippen LogP contribution is 2.58. The first kappa shape index (κ1) is 20.7. The number of halogens is 1. The Morgan fingerprint density at radius 2 is 1.44 bits per heavy atom. The fourth-order valence-electron chi connectivity index (χ4n) is 5.68. The number of nitriles is 1. The van der Waals surface area contributed by atoms with Crippen molar-refractivity contribution in [2.24, 2.45) is 0 Å². The number of nitrogens with zero attached hydrogens (tertiary/aromatic N) is 1. The second-order valence-corrected chi connectivity index (χ2v) is 9.47. The molecular weight excluding hydrogens is 434 g/mol. The van der Waals surface area contributed by atoms with Crippen molar-refractivity contribution < 1.29 is 0 Å². The summed E-state index contributed by atoms with van der Waals surface area (Å²) in [6.45, 7) is 0. The normalized spacial score (nSPS) is 17.7. The van der Waals surface area contributed by atoms with Gasteiger partial charge in [0.05, 0.1) is 22.4 Å². The van der Waals surface area contributed by atoms with Crippen molar-refractivity contribution in [3.63, 3.8) is 0 Å². The molecule has 2 aliphatic rings. The van der Waals surface area contributed by atoms with E-state index in [0.717, 1.165) is 17.5 Å². The summed E-state index contributed by atoms with van der Waals surface area (Å²) in [5.74, 6) is 0. The second kappa shape index (κ2) is 8.17.